The van der Waals surface area contributed by atoms with Crippen molar-refractivity contribution in [1.29, 1.82) is 0 Å². The van der Waals surface area contributed by atoms with E-state index in [1.807, 2.05) is 18.0 Å². The van der Waals surface area contributed by atoms with Crippen molar-refractivity contribution in [2.45, 2.75) is 37.6 Å². The van der Waals surface area contributed by atoms with E-state index in [1.165, 1.54) is 18.4 Å². The number of thioether (sulfide) groups is 1. The SMILES string of the molecule is CC1CN(c2ncc(CNC3CC3)cc2Cl)CCS1. The number of nitrogens with one attached hydrogen (secondary N) is 1. The summed E-state index contributed by atoms with van der Waals surface area (Å²) in [6.45, 7) is 5.22. The van der Waals surface area contributed by atoms with Crippen molar-refractivity contribution in [2.75, 3.05) is 23.7 Å². The molecular formula is C14H20ClN3S. The molecule has 1 aromatic heterocycles. The highest BCUT2D eigenvalue weighted by Gasteiger charge is 2.22. The summed E-state index contributed by atoms with van der Waals surface area (Å²) < 4.78 is 0. The molecule has 0 aromatic carbocycles. The molecule has 5 heteroatoms. The minimum atomic E-state index is 0.655. The van der Waals surface area contributed by atoms with Gasteiger partial charge in [0.05, 0.1) is 5.02 Å². The Kier molecular flexibility index (Phi) is 4.20. The first-order valence-corrected chi connectivity index (χ1v) is 8.39. The molecule has 0 spiro atoms. The van der Waals surface area contributed by atoms with Crippen molar-refractivity contribution >= 4 is 29.2 Å². The van der Waals surface area contributed by atoms with Crippen LogP contribution in [0.5, 0.6) is 0 Å². The molecule has 1 aliphatic heterocycles. The largest absolute Gasteiger partial charge is 0.353 e. The van der Waals surface area contributed by atoms with Gasteiger partial charge in [-0.1, -0.05) is 18.5 Å². The van der Waals surface area contributed by atoms with Crippen LogP contribution in [0.1, 0.15) is 25.3 Å². The van der Waals surface area contributed by atoms with Gasteiger partial charge in [0.2, 0.25) is 0 Å². The summed E-state index contributed by atoms with van der Waals surface area (Å²) in [6, 6.07) is 2.78. The summed E-state index contributed by atoms with van der Waals surface area (Å²) >= 11 is 8.42. The zero-order valence-electron chi connectivity index (χ0n) is 11.2. The number of aromatic nitrogens is 1. The molecule has 1 saturated heterocycles. The summed E-state index contributed by atoms with van der Waals surface area (Å²) in [7, 11) is 0. The van der Waals surface area contributed by atoms with Crippen LogP contribution in [-0.2, 0) is 6.54 Å². The Hall–Kier alpha value is -0.450. The van der Waals surface area contributed by atoms with Gasteiger partial charge in [0.15, 0.2) is 0 Å². The van der Waals surface area contributed by atoms with Crippen LogP contribution < -0.4 is 10.2 Å². The third-order valence-corrected chi connectivity index (χ3v) is 5.01. The summed E-state index contributed by atoms with van der Waals surface area (Å²) in [5.41, 5.74) is 1.18. The number of pyridine rings is 1. The molecule has 2 heterocycles. The molecule has 0 bridgehead atoms. The maximum atomic E-state index is 6.40. The monoisotopic (exact) mass is 297 g/mol. The van der Waals surface area contributed by atoms with Crippen LogP contribution in [-0.4, -0.2) is 35.1 Å². The molecule has 1 unspecified atom stereocenters. The average Bonchev–Trinajstić information content (AvgIpc) is 3.20. The average molecular weight is 298 g/mol. The Morgan fingerprint density at radius 3 is 3.05 bits per heavy atom. The maximum Gasteiger partial charge on any atom is 0.147 e. The van der Waals surface area contributed by atoms with Crippen LogP contribution in [0.25, 0.3) is 0 Å². The highest BCUT2D eigenvalue weighted by molar-refractivity contribution is 8.00. The van der Waals surface area contributed by atoms with Crippen molar-refractivity contribution in [3.63, 3.8) is 0 Å². The topological polar surface area (TPSA) is 28.2 Å². The van der Waals surface area contributed by atoms with Crippen molar-refractivity contribution in [2.24, 2.45) is 0 Å². The molecule has 1 aromatic rings. The van der Waals surface area contributed by atoms with Crippen molar-refractivity contribution in [3.8, 4) is 0 Å². The van der Waals surface area contributed by atoms with Gasteiger partial charge in [0.25, 0.3) is 0 Å². The van der Waals surface area contributed by atoms with Crippen LogP contribution in [0, 0.1) is 0 Å². The van der Waals surface area contributed by atoms with Gasteiger partial charge < -0.3 is 10.2 Å². The molecule has 2 fully saturated rings. The fraction of sp³-hybridized carbons (Fsp3) is 0.643. The Balaban J connectivity index is 1.67. The Morgan fingerprint density at radius 1 is 1.53 bits per heavy atom. The van der Waals surface area contributed by atoms with Crippen LogP contribution in [0.2, 0.25) is 5.02 Å². The highest BCUT2D eigenvalue weighted by atomic mass is 35.5. The van der Waals surface area contributed by atoms with Crippen LogP contribution in [0.4, 0.5) is 5.82 Å². The van der Waals surface area contributed by atoms with Gasteiger partial charge >= 0.3 is 0 Å². The summed E-state index contributed by atoms with van der Waals surface area (Å²) in [5.74, 6) is 2.11. The fourth-order valence-corrected chi connectivity index (χ4v) is 3.68. The van der Waals surface area contributed by atoms with E-state index in [4.69, 9.17) is 11.6 Å². The van der Waals surface area contributed by atoms with E-state index < -0.39 is 0 Å². The van der Waals surface area contributed by atoms with E-state index >= 15 is 0 Å². The Labute approximate surface area is 124 Å². The van der Waals surface area contributed by atoms with Gasteiger partial charge in [-0.25, -0.2) is 4.98 Å². The second-order valence-electron chi connectivity index (χ2n) is 5.43. The number of halogens is 1. The van der Waals surface area contributed by atoms with Crippen LogP contribution in [0.15, 0.2) is 12.3 Å². The molecule has 0 amide bonds. The molecule has 19 heavy (non-hydrogen) atoms. The molecule has 2 aliphatic rings. The molecule has 1 N–H and O–H groups in total. The van der Waals surface area contributed by atoms with Gasteiger partial charge in [-0.2, -0.15) is 11.8 Å². The summed E-state index contributed by atoms with van der Waals surface area (Å²) in [5, 5.41) is 4.93. The van der Waals surface area contributed by atoms with Crippen molar-refractivity contribution in [1.82, 2.24) is 10.3 Å². The molecule has 3 rings (SSSR count). The number of rotatable bonds is 4. The van der Waals surface area contributed by atoms with E-state index in [2.05, 4.69) is 28.2 Å². The molecule has 1 aliphatic carbocycles. The molecule has 104 valence electrons. The van der Waals surface area contributed by atoms with Crippen molar-refractivity contribution in [3.05, 3.63) is 22.8 Å². The Bertz CT molecular complexity index is 450. The lowest BCUT2D eigenvalue weighted by atomic mass is 10.2. The maximum absolute atomic E-state index is 6.40. The minimum absolute atomic E-state index is 0.655. The smallest absolute Gasteiger partial charge is 0.147 e. The normalized spacial score (nSPS) is 23.7. The predicted octanol–water partition coefficient (Wildman–Crippen LogP) is 2.93. The third-order valence-electron chi connectivity index (χ3n) is 3.59. The molecule has 1 saturated carbocycles. The minimum Gasteiger partial charge on any atom is -0.353 e. The van der Waals surface area contributed by atoms with Gasteiger partial charge in [0, 0.05) is 42.9 Å². The quantitative estimate of drug-likeness (QED) is 0.925. The number of anilines is 1. The lowest BCUT2D eigenvalue weighted by Gasteiger charge is -2.32. The first-order valence-electron chi connectivity index (χ1n) is 6.97. The Morgan fingerprint density at radius 2 is 2.37 bits per heavy atom. The van der Waals surface area contributed by atoms with E-state index in [0.29, 0.717) is 5.25 Å². The zero-order chi connectivity index (χ0) is 13.2. The molecule has 0 radical (unpaired) electrons. The van der Waals surface area contributed by atoms with Crippen LogP contribution in [0.3, 0.4) is 0 Å². The number of nitrogens with zero attached hydrogens (tertiary/aromatic N) is 2. The standard InChI is InChI=1S/C14H20ClN3S/c1-10-9-18(4-5-19-10)14-13(15)6-11(8-17-14)7-16-12-2-3-12/h6,8,10,12,16H,2-5,7,9H2,1H3. The number of hydrogen-bond donors (Lipinski definition) is 1. The first-order chi connectivity index (χ1) is 9.22. The fourth-order valence-electron chi connectivity index (χ4n) is 2.36. The van der Waals surface area contributed by atoms with Gasteiger partial charge in [-0.3, -0.25) is 0 Å². The summed E-state index contributed by atoms with van der Waals surface area (Å²) in [6.07, 6.45) is 4.58. The second-order valence-corrected chi connectivity index (χ2v) is 7.39. The molecule has 1 atom stereocenters. The third kappa shape index (κ3) is 3.56. The molecular weight excluding hydrogens is 278 g/mol. The van der Waals surface area contributed by atoms with E-state index in [1.54, 1.807) is 0 Å². The van der Waals surface area contributed by atoms with Gasteiger partial charge in [-0.05, 0) is 24.5 Å². The zero-order valence-corrected chi connectivity index (χ0v) is 12.8. The van der Waals surface area contributed by atoms with Gasteiger partial charge in [-0.15, -0.1) is 0 Å². The predicted molar refractivity (Wildman–Crippen MR) is 83.2 cm³/mol. The number of hydrogen-bond acceptors (Lipinski definition) is 4. The van der Waals surface area contributed by atoms with Crippen LogP contribution >= 0.6 is 23.4 Å². The summed E-state index contributed by atoms with van der Waals surface area (Å²) in [4.78, 5) is 6.89. The van der Waals surface area contributed by atoms with Crippen molar-refractivity contribution < 1.29 is 0 Å². The van der Waals surface area contributed by atoms with Gasteiger partial charge in [0.1, 0.15) is 5.82 Å². The first kappa shape index (κ1) is 13.5. The lowest BCUT2D eigenvalue weighted by Crippen LogP contribution is -2.37. The van der Waals surface area contributed by atoms with E-state index in [-0.39, 0.29) is 0 Å². The van der Waals surface area contributed by atoms with E-state index in [0.717, 1.165) is 42.3 Å². The lowest BCUT2D eigenvalue weighted by molar-refractivity contribution is 0.685. The highest BCUT2D eigenvalue weighted by Crippen LogP contribution is 2.29. The molecule has 3 nitrogen and oxygen atoms in total. The van der Waals surface area contributed by atoms with E-state index in [9.17, 15) is 0 Å². The second kappa shape index (κ2) is 5.90.